The maximum atomic E-state index is 11.3. The fourth-order valence-electron chi connectivity index (χ4n) is 0.974. The molecule has 81 valence electrons. The first kappa shape index (κ1) is 12.9. The topological polar surface area (TPSA) is 52.6 Å². The first-order valence-corrected chi connectivity index (χ1v) is 4.87. The molecule has 4 nitrogen and oxygen atoms in total. The molecule has 0 aliphatic carbocycles. The van der Waals surface area contributed by atoms with Gasteiger partial charge in [-0.2, -0.15) is 0 Å². The van der Waals surface area contributed by atoms with E-state index in [4.69, 9.17) is 9.47 Å². The largest absolute Gasteiger partial charge is 0.465 e. The van der Waals surface area contributed by atoms with Gasteiger partial charge >= 0.3 is 11.9 Å². The van der Waals surface area contributed by atoms with Crippen LogP contribution in [0.4, 0.5) is 0 Å². The standard InChI is InChI=1S/C10H17O4/c1-4-7-8(9(11)13-5-2)10(12)14-6-3/h4-7H2,1-3H3. The van der Waals surface area contributed by atoms with Crippen molar-refractivity contribution in [1.82, 2.24) is 0 Å². The lowest BCUT2D eigenvalue weighted by Gasteiger charge is -2.11. The number of esters is 2. The minimum Gasteiger partial charge on any atom is -0.465 e. The number of rotatable bonds is 6. The van der Waals surface area contributed by atoms with E-state index in [1.807, 2.05) is 6.92 Å². The van der Waals surface area contributed by atoms with Gasteiger partial charge in [0.05, 0.1) is 13.2 Å². The summed E-state index contributed by atoms with van der Waals surface area (Å²) in [5, 5.41) is 0. The summed E-state index contributed by atoms with van der Waals surface area (Å²) in [4.78, 5) is 22.6. The molecule has 0 aromatic rings. The van der Waals surface area contributed by atoms with Crippen LogP contribution in [0.15, 0.2) is 0 Å². The van der Waals surface area contributed by atoms with Gasteiger partial charge in [0.15, 0.2) is 5.92 Å². The highest BCUT2D eigenvalue weighted by Crippen LogP contribution is 2.13. The Balaban J connectivity index is 4.25. The van der Waals surface area contributed by atoms with Crippen molar-refractivity contribution >= 4 is 11.9 Å². The molecule has 0 saturated heterocycles. The SMILES string of the molecule is CCC[C](C(=O)OCC)C(=O)OCC. The van der Waals surface area contributed by atoms with Crippen molar-refractivity contribution in [2.45, 2.75) is 33.6 Å². The van der Waals surface area contributed by atoms with Gasteiger partial charge in [-0.05, 0) is 20.3 Å². The van der Waals surface area contributed by atoms with E-state index in [9.17, 15) is 9.59 Å². The van der Waals surface area contributed by atoms with Crippen molar-refractivity contribution in [1.29, 1.82) is 0 Å². The van der Waals surface area contributed by atoms with E-state index in [-0.39, 0.29) is 19.1 Å². The predicted octanol–water partition coefficient (Wildman–Crippen LogP) is 1.49. The van der Waals surface area contributed by atoms with Crippen LogP contribution in [0.25, 0.3) is 0 Å². The molecule has 0 N–H and O–H groups in total. The lowest BCUT2D eigenvalue weighted by atomic mass is 10.0. The summed E-state index contributed by atoms with van der Waals surface area (Å²) < 4.78 is 9.49. The second-order valence-corrected chi connectivity index (χ2v) is 2.67. The molecule has 0 rings (SSSR count). The molecule has 0 amide bonds. The third kappa shape index (κ3) is 4.25. The first-order valence-electron chi connectivity index (χ1n) is 4.87. The zero-order chi connectivity index (χ0) is 11.0. The highest BCUT2D eigenvalue weighted by molar-refractivity contribution is 6.09. The highest BCUT2D eigenvalue weighted by Gasteiger charge is 2.29. The first-order chi connectivity index (χ1) is 6.67. The number of carbonyl (C=O) groups is 2. The summed E-state index contributed by atoms with van der Waals surface area (Å²) in [7, 11) is 0. The maximum Gasteiger partial charge on any atom is 0.325 e. The summed E-state index contributed by atoms with van der Waals surface area (Å²) in [6.45, 7) is 5.83. The van der Waals surface area contributed by atoms with Gasteiger partial charge in [-0.3, -0.25) is 9.59 Å². The molecule has 0 bridgehead atoms. The van der Waals surface area contributed by atoms with Gasteiger partial charge in [0.25, 0.3) is 0 Å². The van der Waals surface area contributed by atoms with Crippen molar-refractivity contribution in [2.75, 3.05) is 13.2 Å². The van der Waals surface area contributed by atoms with E-state index in [0.717, 1.165) is 0 Å². The second kappa shape index (κ2) is 7.35. The lowest BCUT2D eigenvalue weighted by molar-refractivity contribution is -0.150. The number of hydrogen-bond donors (Lipinski definition) is 0. The molecule has 0 aromatic carbocycles. The van der Waals surface area contributed by atoms with Gasteiger partial charge in [0.2, 0.25) is 0 Å². The summed E-state index contributed by atoms with van der Waals surface area (Å²) >= 11 is 0. The Labute approximate surface area is 84.6 Å². The van der Waals surface area contributed by atoms with Crippen molar-refractivity contribution < 1.29 is 19.1 Å². The van der Waals surface area contributed by atoms with Gasteiger partial charge in [-0.1, -0.05) is 13.3 Å². The van der Waals surface area contributed by atoms with Crippen LogP contribution >= 0.6 is 0 Å². The minimum atomic E-state index is -0.562. The average molecular weight is 201 g/mol. The molecule has 0 spiro atoms. The molecule has 0 aromatic heterocycles. The zero-order valence-corrected chi connectivity index (χ0v) is 8.96. The van der Waals surface area contributed by atoms with E-state index in [1.54, 1.807) is 13.8 Å². The van der Waals surface area contributed by atoms with Crippen molar-refractivity contribution in [3.63, 3.8) is 0 Å². The molecule has 14 heavy (non-hydrogen) atoms. The monoisotopic (exact) mass is 201 g/mol. The molecule has 0 heterocycles. The van der Waals surface area contributed by atoms with E-state index in [0.29, 0.717) is 12.8 Å². The van der Waals surface area contributed by atoms with Crippen LogP contribution in [-0.2, 0) is 19.1 Å². The quantitative estimate of drug-likeness (QED) is 0.482. The van der Waals surface area contributed by atoms with Crippen molar-refractivity contribution in [3.05, 3.63) is 5.92 Å². The van der Waals surface area contributed by atoms with Crippen LogP contribution in [-0.4, -0.2) is 25.2 Å². The molecular formula is C10H17O4. The van der Waals surface area contributed by atoms with Crippen LogP contribution < -0.4 is 0 Å². The smallest absolute Gasteiger partial charge is 0.325 e. The molecule has 4 heteroatoms. The van der Waals surface area contributed by atoms with Crippen LogP contribution in [0.5, 0.6) is 0 Å². The molecule has 0 unspecified atom stereocenters. The number of hydrogen-bond acceptors (Lipinski definition) is 4. The Morgan fingerprint density at radius 2 is 1.36 bits per heavy atom. The Bertz CT molecular complexity index is 171. The molecular weight excluding hydrogens is 184 g/mol. The average Bonchev–Trinajstić information content (AvgIpc) is 2.14. The van der Waals surface area contributed by atoms with Crippen molar-refractivity contribution in [3.8, 4) is 0 Å². The normalized spacial score (nSPS) is 10.0. The fourth-order valence-corrected chi connectivity index (χ4v) is 0.974. The van der Waals surface area contributed by atoms with Crippen LogP contribution in [0.2, 0.25) is 0 Å². The van der Waals surface area contributed by atoms with Gasteiger partial charge in [-0.15, -0.1) is 0 Å². The van der Waals surface area contributed by atoms with Crippen LogP contribution in [0.3, 0.4) is 0 Å². The summed E-state index contributed by atoms with van der Waals surface area (Å²) in [6.07, 6.45) is 1.12. The molecule has 0 aliphatic heterocycles. The summed E-state index contributed by atoms with van der Waals surface area (Å²) in [5.74, 6) is -1.02. The maximum absolute atomic E-state index is 11.3. The lowest BCUT2D eigenvalue weighted by Crippen LogP contribution is -2.25. The van der Waals surface area contributed by atoms with Crippen molar-refractivity contribution in [2.24, 2.45) is 0 Å². The van der Waals surface area contributed by atoms with Gasteiger partial charge in [0.1, 0.15) is 0 Å². The fraction of sp³-hybridized carbons (Fsp3) is 0.700. The summed E-state index contributed by atoms with van der Waals surface area (Å²) in [6, 6.07) is 0. The third-order valence-electron chi connectivity index (χ3n) is 1.54. The summed E-state index contributed by atoms with van der Waals surface area (Å²) in [5.41, 5.74) is 0. The Hall–Kier alpha value is -1.06. The van der Waals surface area contributed by atoms with E-state index in [2.05, 4.69) is 0 Å². The molecule has 1 radical (unpaired) electrons. The zero-order valence-electron chi connectivity index (χ0n) is 8.96. The number of ether oxygens (including phenoxy) is 2. The highest BCUT2D eigenvalue weighted by atomic mass is 16.6. The molecule has 0 aliphatic rings. The Kier molecular flexibility index (Phi) is 6.80. The molecule has 0 fully saturated rings. The van der Waals surface area contributed by atoms with Gasteiger partial charge in [0, 0.05) is 0 Å². The predicted molar refractivity (Wildman–Crippen MR) is 51.4 cm³/mol. The Morgan fingerprint density at radius 3 is 1.64 bits per heavy atom. The number of carbonyl (C=O) groups excluding carboxylic acids is 2. The molecule has 0 saturated carbocycles. The minimum absolute atomic E-state index is 0.108. The van der Waals surface area contributed by atoms with E-state index in [1.165, 1.54) is 0 Å². The van der Waals surface area contributed by atoms with E-state index < -0.39 is 11.9 Å². The van der Waals surface area contributed by atoms with E-state index >= 15 is 0 Å². The van der Waals surface area contributed by atoms with Gasteiger partial charge < -0.3 is 9.47 Å². The second-order valence-electron chi connectivity index (χ2n) is 2.67. The van der Waals surface area contributed by atoms with Gasteiger partial charge in [-0.25, -0.2) is 0 Å². The Morgan fingerprint density at radius 1 is 0.929 bits per heavy atom. The van der Waals surface area contributed by atoms with Crippen LogP contribution in [0.1, 0.15) is 33.6 Å². The molecule has 0 atom stereocenters. The van der Waals surface area contributed by atoms with Crippen LogP contribution in [0, 0.1) is 5.92 Å². The third-order valence-corrected chi connectivity index (χ3v) is 1.54.